The number of imidazole rings is 1. The summed E-state index contributed by atoms with van der Waals surface area (Å²) in [5.74, 6) is 1.65. The maximum absolute atomic E-state index is 5.30. The van der Waals surface area contributed by atoms with E-state index in [1.165, 1.54) is 0 Å². The third kappa shape index (κ3) is 3.29. The van der Waals surface area contributed by atoms with Gasteiger partial charge in [0.25, 0.3) is 0 Å². The Bertz CT molecular complexity index is 578. The van der Waals surface area contributed by atoms with Crippen LogP contribution >= 0.6 is 15.9 Å². The maximum atomic E-state index is 5.30. The molecule has 0 saturated heterocycles. The topological polar surface area (TPSA) is 39.1 Å². The van der Waals surface area contributed by atoms with Crippen molar-refractivity contribution in [2.45, 2.75) is 26.8 Å². The summed E-state index contributed by atoms with van der Waals surface area (Å²) in [6, 6.07) is 6.28. The van der Waals surface area contributed by atoms with Gasteiger partial charge in [-0.05, 0) is 32.9 Å². The second-order valence-corrected chi connectivity index (χ2v) is 5.64. The highest BCUT2D eigenvalue weighted by Crippen LogP contribution is 2.26. The number of nitrogens with zero attached hydrogens (tertiary/aromatic N) is 2. The van der Waals surface area contributed by atoms with Crippen molar-refractivity contribution in [1.82, 2.24) is 9.55 Å². The van der Waals surface area contributed by atoms with Gasteiger partial charge in [0.05, 0.1) is 18.5 Å². The summed E-state index contributed by atoms with van der Waals surface area (Å²) in [5, 5.41) is 3.35. The molecule has 0 bridgehead atoms. The first kappa shape index (κ1) is 13.9. The maximum Gasteiger partial charge on any atom is 0.207 e. The van der Waals surface area contributed by atoms with E-state index in [4.69, 9.17) is 4.74 Å². The van der Waals surface area contributed by atoms with Crippen molar-refractivity contribution in [3.63, 3.8) is 0 Å². The third-order valence-corrected chi connectivity index (χ3v) is 3.07. The van der Waals surface area contributed by atoms with E-state index in [9.17, 15) is 0 Å². The number of hydrogen-bond acceptors (Lipinski definition) is 3. The number of halogens is 1. The second-order valence-electron chi connectivity index (χ2n) is 4.72. The highest BCUT2D eigenvalue weighted by Gasteiger charge is 2.10. The van der Waals surface area contributed by atoms with Crippen LogP contribution in [0.3, 0.4) is 0 Å². The molecule has 0 atom stereocenters. The smallest absolute Gasteiger partial charge is 0.207 e. The fourth-order valence-corrected chi connectivity index (χ4v) is 2.32. The van der Waals surface area contributed by atoms with Gasteiger partial charge in [-0.1, -0.05) is 15.9 Å². The van der Waals surface area contributed by atoms with E-state index in [1.54, 1.807) is 7.11 Å². The van der Waals surface area contributed by atoms with Crippen LogP contribution in [0.15, 0.2) is 28.9 Å². The zero-order valence-electron chi connectivity index (χ0n) is 11.6. The first-order valence-corrected chi connectivity index (χ1v) is 6.96. The summed E-state index contributed by atoms with van der Waals surface area (Å²) in [6.45, 7) is 6.17. The molecule has 1 N–H and O–H groups in total. The number of aryl methyl sites for hydroxylation is 1. The molecule has 5 heteroatoms. The van der Waals surface area contributed by atoms with E-state index < -0.39 is 0 Å². The van der Waals surface area contributed by atoms with Gasteiger partial charge in [0.1, 0.15) is 5.75 Å². The van der Waals surface area contributed by atoms with Gasteiger partial charge in [-0.25, -0.2) is 4.98 Å². The molecule has 0 aliphatic rings. The standard InChI is InChI=1S/C14H18BrN3O/c1-9(2)16-14-17-10(3)8-18(14)12-5-11(15)6-13(7-12)19-4/h5-9H,1-4H3,(H,16,17). The van der Waals surface area contributed by atoms with Crippen LogP contribution < -0.4 is 10.1 Å². The molecule has 0 saturated carbocycles. The van der Waals surface area contributed by atoms with Crippen molar-refractivity contribution < 1.29 is 4.74 Å². The predicted octanol–water partition coefficient (Wildman–Crippen LogP) is 3.77. The normalized spacial score (nSPS) is 10.8. The molecule has 2 aromatic rings. The molecule has 1 heterocycles. The van der Waals surface area contributed by atoms with E-state index in [-0.39, 0.29) is 0 Å². The molecule has 19 heavy (non-hydrogen) atoms. The minimum absolute atomic E-state index is 0.328. The van der Waals surface area contributed by atoms with Crippen LogP contribution in [0.5, 0.6) is 5.75 Å². The van der Waals surface area contributed by atoms with Crippen LogP contribution in [-0.2, 0) is 0 Å². The van der Waals surface area contributed by atoms with E-state index in [0.29, 0.717) is 6.04 Å². The van der Waals surface area contributed by atoms with Gasteiger partial charge in [-0.15, -0.1) is 0 Å². The summed E-state index contributed by atoms with van der Waals surface area (Å²) in [7, 11) is 1.66. The number of ether oxygens (including phenoxy) is 1. The van der Waals surface area contributed by atoms with Crippen LogP contribution in [0, 0.1) is 6.92 Å². The van der Waals surface area contributed by atoms with Crippen molar-refractivity contribution in [2.24, 2.45) is 0 Å². The molecule has 0 unspecified atom stereocenters. The van der Waals surface area contributed by atoms with Crippen molar-refractivity contribution in [3.8, 4) is 11.4 Å². The van der Waals surface area contributed by atoms with Gasteiger partial charge in [-0.2, -0.15) is 0 Å². The summed E-state index contributed by atoms with van der Waals surface area (Å²) in [6.07, 6.45) is 2.01. The molecule has 0 fully saturated rings. The minimum atomic E-state index is 0.328. The lowest BCUT2D eigenvalue weighted by atomic mass is 10.3. The fraction of sp³-hybridized carbons (Fsp3) is 0.357. The number of rotatable bonds is 4. The van der Waals surface area contributed by atoms with Crippen LogP contribution in [0.4, 0.5) is 5.95 Å². The molecule has 1 aromatic carbocycles. The lowest BCUT2D eigenvalue weighted by molar-refractivity contribution is 0.414. The monoisotopic (exact) mass is 323 g/mol. The van der Waals surface area contributed by atoms with E-state index in [0.717, 1.165) is 27.6 Å². The van der Waals surface area contributed by atoms with Crippen LogP contribution in [-0.4, -0.2) is 22.7 Å². The lowest BCUT2D eigenvalue weighted by Crippen LogP contribution is -2.13. The molecular weight excluding hydrogens is 306 g/mol. The molecule has 0 aliphatic carbocycles. The summed E-state index contributed by atoms with van der Waals surface area (Å²) in [4.78, 5) is 4.51. The molecule has 0 spiro atoms. The Kier molecular flexibility index (Phi) is 4.14. The Labute approximate surface area is 121 Å². The molecule has 0 aliphatic heterocycles. The van der Waals surface area contributed by atoms with Crippen LogP contribution in [0.1, 0.15) is 19.5 Å². The summed E-state index contributed by atoms with van der Waals surface area (Å²) < 4.78 is 8.31. The predicted molar refractivity (Wildman–Crippen MR) is 81.3 cm³/mol. The quantitative estimate of drug-likeness (QED) is 0.930. The first-order valence-electron chi connectivity index (χ1n) is 6.17. The first-order chi connectivity index (χ1) is 8.99. The zero-order chi connectivity index (χ0) is 14.0. The van der Waals surface area contributed by atoms with E-state index in [2.05, 4.69) is 40.1 Å². The third-order valence-electron chi connectivity index (χ3n) is 2.61. The molecule has 0 amide bonds. The molecule has 2 rings (SSSR count). The number of nitrogens with one attached hydrogen (secondary N) is 1. The van der Waals surface area contributed by atoms with Crippen molar-refractivity contribution in [1.29, 1.82) is 0 Å². The van der Waals surface area contributed by atoms with Gasteiger partial charge >= 0.3 is 0 Å². The lowest BCUT2D eigenvalue weighted by Gasteiger charge is -2.13. The van der Waals surface area contributed by atoms with E-state index >= 15 is 0 Å². The molecule has 4 nitrogen and oxygen atoms in total. The molecule has 0 radical (unpaired) electrons. The highest BCUT2D eigenvalue weighted by atomic mass is 79.9. The van der Waals surface area contributed by atoms with Gasteiger partial charge in [0, 0.05) is 22.8 Å². The molecule has 1 aromatic heterocycles. The van der Waals surface area contributed by atoms with Gasteiger partial charge in [0.15, 0.2) is 0 Å². The second kappa shape index (κ2) is 5.65. The van der Waals surface area contributed by atoms with Crippen molar-refractivity contribution in [3.05, 3.63) is 34.6 Å². The zero-order valence-corrected chi connectivity index (χ0v) is 13.2. The van der Waals surface area contributed by atoms with Gasteiger partial charge in [-0.3, -0.25) is 4.57 Å². The van der Waals surface area contributed by atoms with Crippen molar-refractivity contribution >= 4 is 21.9 Å². The van der Waals surface area contributed by atoms with Crippen LogP contribution in [0.25, 0.3) is 5.69 Å². The van der Waals surface area contributed by atoms with Gasteiger partial charge in [0.2, 0.25) is 5.95 Å². The average Bonchev–Trinajstić information content (AvgIpc) is 2.68. The Morgan fingerprint density at radius 1 is 1.32 bits per heavy atom. The number of aromatic nitrogens is 2. The number of anilines is 1. The van der Waals surface area contributed by atoms with E-state index in [1.807, 2.05) is 35.9 Å². The number of benzene rings is 1. The summed E-state index contributed by atoms with van der Waals surface area (Å²) >= 11 is 3.50. The molecular formula is C14H18BrN3O. The largest absolute Gasteiger partial charge is 0.497 e. The minimum Gasteiger partial charge on any atom is -0.497 e. The molecule has 102 valence electrons. The van der Waals surface area contributed by atoms with Crippen LogP contribution in [0.2, 0.25) is 0 Å². The SMILES string of the molecule is COc1cc(Br)cc(-n2cc(C)nc2NC(C)C)c1. The van der Waals surface area contributed by atoms with Gasteiger partial charge < -0.3 is 10.1 Å². The Hall–Kier alpha value is -1.49. The summed E-state index contributed by atoms with van der Waals surface area (Å²) in [5.41, 5.74) is 1.98. The fourth-order valence-electron chi connectivity index (χ4n) is 1.86. The average molecular weight is 324 g/mol. The highest BCUT2D eigenvalue weighted by molar-refractivity contribution is 9.10. The Morgan fingerprint density at radius 3 is 2.68 bits per heavy atom. The Morgan fingerprint density at radius 2 is 2.05 bits per heavy atom. The number of hydrogen-bond donors (Lipinski definition) is 1. The Balaban J connectivity index is 2.48. The van der Waals surface area contributed by atoms with Crippen molar-refractivity contribution in [2.75, 3.05) is 12.4 Å². The number of methoxy groups -OCH3 is 1.